The molecule has 1 saturated heterocycles. The Hall–Kier alpha value is -1.18. The summed E-state index contributed by atoms with van der Waals surface area (Å²) in [6.07, 6.45) is 3.77. The van der Waals surface area contributed by atoms with Crippen LogP contribution in [0.2, 0.25) is 0 Å². The minimum Gasteiger partial charge on any atom is -0.357 e. The summed E-state index contributed by atoms with van der Waals surface area (Å²) in [5, 5.41) is 8.21. The number of hydrogen-bond acceptors (Lipinski definition) is 5. The fourth-order valence-corrected chi connectivity index (χ4v) is 2.66. The third-order valence-corrected chi connectivity index (χ3v) is 4.06. The molecule has 1 aliphatic rings. The van der Waals surface area contributed by atoms with Crippen molar-refractivity contribution in [2.75, 3.05) is 30.3 Å². The molecule has 1 aromatic rings. The maximum atomic E-state index is 10.8. The number of anilines is 1. The standard InChI is InChI=1S/C12H20N4O2S/c13-19(17,18)10-7-14-11-4-8-16(9-5-11)12-3-1-2-6-15-12/h1-3,6,11,14H,4-5,7-10H2,(H2,13,17,18). The Kier molecular flexibility index (Phi) is 4.73. The summed E-state index contributed by atoms with van der Waals surface area (Å²) in [4.78, 5) is 6.58. The van der Waals surface area contributed by atoms with Crippen molar-refractivity contribution in [3.05, 3.63) is 24.4 Å². The SMILES string of the molecule is NS(=O)(=O)CCNC1CCN(c2ccccn2)CC1. The van der Waals surface area contributed by atoms with E-state index in [2.05, 4.69) is 15.2 Å². The molecular weight excluding hydrogens is 264 g/mol. The van der Waals surface area contributed by atoms with Gasteiger partial charge in [-0.25, -0.2) is 18.5 Å². The fraction of sp³-hybridized carbons (Fsp3) is 0.583. The van der Waals surface area contributed by atoms with Crippen LogP contribution < -0.4 is 15.4 Å². The molecule has 0 atom stereocenters. The van der Waals surface area contributed by atoms with Crippen molar-refractivity contribution < 1.29 is 8.42 Å². The number of nitrogens with two attached hydrogens (primary N) is 1. The van der Waals surface area contributed by atoms with Crippen LogP contribution in [0, 0.1) is 0 Å². The zero-order valence-electron chi connectivity index (χ0n) is 10.8. The number of nitrogens with one attached hydrogen (secondary N) is 1. The molecule has 6 nitrogen and oxygen atoms in total. The molecule has 1 aliphatic heterocycles. The zero-order valence-corrected chi connectivity index (χ0v) is 11.6. The van der Waals surface area contributed by atoms with Crippen LogP contribution >= 0.6 is 0 Å². The topological polar surface area (TPSA) is 88.3 Å². The third-order valence-electron chi connectivity index (χ3n) is 3.29. The van der Waals surface area contributed by atoms with E-state index in [0.717, 1.165) is 31.7 Å². The van der Waals surface area contributed by atoms with Crippen molar-refractivity contribution in [3.63, 3.8) is 0 Å². The van der Waals surface area contributed by atoms with Gasteiger partial charge in [-0.3, -0.25) is 0 Å². The van der Waals surface area contributed by atoms with Crippen LogP contribution in [0.4, 0.5) is 5.82 Å². The summed E-state index contributed by atoms with van der Waals surface area (Å²) < 4.78 is 21.7. The van der Waals surface area contributed by atoms with E-state index in [1.807, 2.05) is 18.2 Å². The number of primary sulfonamides is 1. The van der Waals surface area contributed by atoms with Gasteiger partial charge >= 0.3 is 0 Å². The van der Waals surface area contributed by atoms with Gasteiger partial charge in [0.05, 0.1) is 5.75 Å². The molecule has 3 N–H and O–H groups in total. The first-order valence-electron chi connectivity index (χ1n) is 6.44. The molecule has 0 spiro atoms. The van der Waals surface area contributed by atoms with Gasteiger partial charge in [0.25, 0.3) is 0 Å². The van der Waals surface area contributed by atoms with Crippen LogP contribution in [0.5, 0.6) is 0 Å². The lowest BCUT2D eigenvalue weighted by atomic mass is 10.1. The maximum absolute atomic E-state index is 10.8. The molecule has 1 aromatic heterocycles. The Balaban J connectivity index is 1.74. The average molecular weight is 284 g/mol. The molecule has 7 heteroatoms. The lowest BCUT2D eigenvalue weighted by Gasteiger charge is -2.33. The van der Waals surface area contributed by atoms with E-state index < -0.39 is 10.0 Å². The van der Waals surface area contributed by atoms with E-state index in [0.29, 0.717) is 12.6 Å². The van der Waals surface area contributed by atoms with Gasteiger partial charge in [-0.2, -0.15) is 0 Å². The molecule has 1 fully saturated rings. The van der Waals surface area contributed by atoms with E-state index in [9.17, 15) is 8.42 Å². The van der Waals surface area contributed by atoms with Crippen LogP contribution in [0.1, 0.15) is 12.8 Å². The highest BCUT2D eigenvalue weighted by Gasteiger charge is 2.19. The highest BCUT2D eigenvalue weighted by molar-refractivity contribution is 7.89. The van der Waals surface area contributed by atoms with Crippen LogP contribution in [-0.4, -0.2) is 44.8 Å². The van der Waals surface area contributed by atoms with E-state index in [4.69, 9.17) is 5.14 Å². The number of piperidine rings is 1. The largest absolute Gasteiger partial charge is 0.357 e. The molecule has 0 saturated carbocycles. The summed E-state index contributed by atoms with van der Waals surface area (Å²) in [6, 6.07) is 6.26. The van der Waals surface area contributed by atoms with Gasteiger partial charge in [-0.1, -0.05) is 6.07 Å². The Bertz CT molecular complexity index is 484. The minimum atomic E-state index is -3.36. The molecule has 0 radical (unpaired) electrons. The number of sulfonamides is 1. The van der Waals surface area contributed by atoms with Crippen molar-refractivity contribution in [2.45, 2.75) is 18.9 Å². The molecule has 2 heterocycles. The van der Waals surface area contributed by atoms with E-state index >= 15 is 0 Å². The average Bonchev–Trinajstić information content (AvgIpc) is 2.39. The lowest BCUT2D eigenvalue weighted by molar-refractivity contribution is 0.422. The molecular formula is C12H20N4O2S. The first-order chi connectivity index (χ1) is 9.04. The lowest BCUT2D eigenvalue weighted by Crippen LogP contribution is -2.44. The number of pyridine rings is 1. The number of nitrogens with zero attached hydrogens (tertiary/aromatic N) is 2. The van der Waals surface area contributed by atoms with Crippen molar-refractivity contribution in [2.24, 2.45) is 5.14 Å². The van der Waals surface area contributed by atoms with E-state index in [-0.39, 0.29) is 5.75 Å². The Labute approximate surface area is 114 Å². The smallest absolute Gasteiger partial charge is 0.210 e. The van der Waals surface area contributed by atoms with Gasteiger partial charge in [0.1, 0.15) is 5.82 Å². The predicted octanol–water partition coefficient (Wildman–Crippen LogP) is -0.0715. The van der Waals surface area contributed by atoms with Crippen molar-refractivity contribution in [1.29, 1.82) is 0 Å². The minimum absolute atomic E-state index is 0.00649. The fourth-order valence-electron chi connectivity index (χ4n) is 2.26. The van der Waals surface area contributed by atoms with E-state index in [1.54, 1.807) is 6.20 Å². The molecule has 2 rings (SSSR count). The third kappa shape index (κ3) is 4.77. The maximum Gasteiger partial charge on any atom is 0.210 e. The van der Waals surface area contributed by atoms with Gasteiger partial charge in [0.2, 0.25) is 10.0 Å². The molecule has 0 aromatic carbocycles. The number of rotatable bonds is 5. The number of aromatic nitrogens is 1. The molecule has 106 valence electrons. The second-order valence-electron chi connectivity index (χ2n) is 4.77. The van der Waals surface area contributed by atoms with Crippen LogP contribution in [0.3, 0.4) is 0 Å². The van der Waals surface area contributed by atoms with Crippen LogP contribution in [0.25, 0.3) is 0 Å². The Morgan fingerprint density at radius 2 is 2.11 bits per heavy atom. The van der Waals surface area contributed by atoms with E-state index in [1.165, 1.54) is 0 Å². The summed E-state index contributed by atoms with van der Waals surface area (Å²) in [6.45, 7) is 2.29. The predicted molar refractivity (Wildman–Crippen MR) is 75.4 cm³/mol. The van der Waals surface area contributed by atoms with Gasteiger partial charge in [-0.15, -0.1) is 0 Å². The summed E-state index contributed by atoms with van der Waals surface area (Å²) in [7, 11) is -3.36. The second kappa shape index (κ2) is 6.31. The normalized spacial score (nSPS) is 17.6. The van der Waals surface area contributed by atoms with Gasteiger partial charge in [0, 0.05) is 31.9 Å². The molecule has 0 bridgehead atoms. The highest BCUT2D eigenvalue weighted by atomic mass is 32.2. The quantitative estimate of drug-likeness (QED) is 0.790. The van der Waals surface area contributed by atoms with Crippen molar-refractivity contribution >= 4 is 15.8 Å². The zero-order chi connectivity index (χ0) is 13.7. The Morgan fingerprint density at radius 3 is 2.68 bits per heavy atom. The molecule has 0 aliphatic carbocycles. The summed E-state index contributed by atoms with van der Waals surface area (Å²) >= 11 is 0. The monoisotopic (exact) mass is 284 g/mol. The molecule has 0 amide bonds. The molecule has 19 heavy (non-hydrogen) atoms. The van der Waals surface area contributed by atoms with Gasteiger partial charge in [-0.05, 0) is 25.0 Å². The van der Waals surface area contributed by atoms with Gasteiger partial charge in [0.15, 0.2) is 0 Å². The molecule has 0 unspecified atom stereocenters. The van der Waals surface area contributed by atoms with Crippen LogP contribution in [-0.2, 0) is 10.0 Å². The van der Waals surface area contributed by atoms with Crippen LogP contribution in [0.15, 0.2) is 24.4 Å². The number of hydrogen-bond donors (Lipinski definition) is 2. The first kappa shape index (κ1) is 14.2. The van der Waals surface area contributed by atoms with Crippen molar-refractivity contribution in [3.8, 4) is 0 Å². The van der Waals surface area contributed by atoms with Crippen molar-refractivity contribution in [1.82, 2.24) is 10.3 Å². The summed E-state index contributed by atoms with van der Waals surface area (Å²) in [5.41, 5.74) is 0. The summed E-state index contributed by atoms with van der Waals surface area (Å²) in [5.74, 6) is 0.999. The highest BCUT2D eigenvalue weighted by Crippen LogP contribution is 2.16. The second-order valence-corrected chi connectivity index (χ2v) is 6.50. The Morgan fingerprint density at radius 1 is 1.37 bits per heavy atom. The first-order valence-corrected chi connectivity index (χ1v) is 8.16. The van der Waals surface area contributed by atoms with Gasteiger partial charge < -0.3 is 10.2 Å².